The van der Waals surface area contributed by atoms with Crippen molar-refractivity contribution < 1.29 is 19.4 Å². The maximum atomic E-state index is 12.0. The zero-order valence-electron chi connectivity index (χ0n) is 22.1. The van der Waals surface area contributed by atoms with Crippen LogP contribution in [0.1, 0.15) is 94.3 Å². The third-order valence-corrected chi connectivity index (χ3v) is 8.12. The van der Waals surface area contributed by atoms with Crippen LogP contribution < -0.4 is 0 Å². The second kappa shape index (κ2) is 16.4. The molecule has 1 heterocycles. The van der Waals surface area contributed by atoms with E-state index >= 15 is 0 Å². The molecule has 2 aliphatic rings. The fourth-order valence-corrected chi connectivity index (χ4v) is 5.88. The van der Waals surface area contributed by atoms with Crippen molar-refractivity contribution in [1.82, 2.24) is 4.90 Å². The summed E-state index contributed by atoms with van der Waals surface area (Å²) in [5.74, 6) is 0.787. The number of unbranched alkanes of at least 4 members (excludes halogenated alkanes) is 3. The van der Waals surface area contributed by atoms with Crippen molar-refractivity contribution in [2.24, 2.45) is 5.92 Å². The summed E-state index contributed by atoms with van der Waals surface area (Å²) in [4.78, 5) is 14.2. The molecule has 36 heavy (non-hydrogen) atoms. The van der Waals surface area contributed by atoms with Crippen LogP contribution in [-0.2, 0) is 14.3 Å². The molecule has 2 fully saturated rings. The molecule has 5 nitrogen and oxygen atoms in total. The van der Waals surface area contributed by atoms with Crippen LogP contribution in [0.25, 0.3) is 0 Å². The molecule has 3 rings (SSSR count). The molecule has 0 spiro atoms. The largest absolute Gasteiger partial charge is 0.464 e. The van der Waals surface area contributed by atoms with Gasteiger partial charge in [0.15, 0.2) is 0 Å². The van der Waals surface area contributed by atoms with Crippen molar-refractivity contribution in [3.8, 4) is 0 Å². The summed E-state index contributed by atoms with van der Waals surface area (Å²) in [7, 11) is 0. The number of nitrogens with zero attached hydrogens (tertiary/aromatic N) is 1. The Morgan fingerprint density at radius 3 is 2.69 bits per heavy atom. The number of aliphatic hydroxyl groups excluding tert-OH is 1. The second-order valence-corrected chi connectivity index (χ2v) is 10.9. The van der Waals surface area contributed by atoms with Gasteiger partial charge in [0.05, 0.1) is 19.3 Å². The standard InChI is InChI=1S/C30H46ClNO4/c1-2-3-6-10-28(33)24-12-14-26(15-13-24)30-25(16-17-27(30)31)9-7-4-5-8-11-29(34)36-23-20-32-18-21-35-22-19-32/h4,7,12-15,25,27-28,30,33H,2-3,5-6,8-11,16-23H2,1H3/b7-4+/t25-,27+,28+,30-/m0/s1. The van der Waals surface area contributed by atoms with Crippen molar-refractivity contribution in [1.29, 1.82) is 0 Å². The van der Waals surface area contributed by atoms with E-state index in [1.165, 1.54) is 18.4 Å². The van der Waals surface area contributed by atoms with Gasteiger partial charge in [-0.3, -0.25) is 9.69 Å². The quantitative estimate of drug-likeness (QED) is 0.126. The molecular formula is C30H46ClNO4. The molecular weight excluding hydrogens is 474 g/mol. The summed E-state index contributed by atoms with van der Waals surface area (Å²) in [5, 5.41) is 10.6. The molecule has 1 aromatic carbocycles. The van der Waals surface area contributed by atoms with E-state index < -0.39 is 0 Å². The van der Waals surface area contributed by atoms with Gasteiger partial charge in [-0.05, 0) is 55.6 Å². The number of ether oxygens (including phenoxy) is 2. The number of rotatable bonds is 15. The van der Waals surface area contributed by atoms with Gasteiger partial charge >= 0.3 is 5.97 Å². The van der Waals surface area contributed by atoms with Crippen LogP contribution in [0, 0.1) is 5.92 Å². The van der Waals surface area contributed by atoms with Crippen molar-refractivity contribution >= 4 is 17.6 Å². The number of morpholine rings is 1. The van der Waals surface area contributed by atoms with Crippen LogP contribution in [0.5, 0.6) is 0 Å². The van der Waals surface area contributed by atoms with Gasteiger partial charge in [0.25, 0.3) is 0 Å². The fourth-order valence-electron chi connectivity index (χ4n) is 5.41. The minimum absolute atomic E-state index is 0.101. The first-order valence-corrected chi connectivity index (χ1v) is 14.5. The smallest absolute Gasteiger partial charge is 0.305 e. The topological polar surface area (TPSA) is 59.0 Å². The molecule has 1 aromatic rings. The minimum Gasteiger partial charge on any atom is -0.464 e. The number of hydrogen-bond acceptors (Lipinski definition) is 5. The average Bonchev–Trinajstić information content (AvgIpc) is 3.27. The normalized spacial score (nSPS) is 23.8. The van der Waals surface area contributed by atoms with Crippen LogP contribution in [0.15, 0.2) is 36.4 Å². The Morgan fingerprint density at radius 1 is 1.17 bits per heavy atom. The first-order chi connectivity index (χ1) is 17.6. The van der Waals surface area contributed by atoms with E-state index in [0.717, 1.165) is 83.4 Å². The maximum absolute atomic E-state index is 12.0. The lowest BCUT2D eigenvalue weighted by Gasteiger charge is -2.26. The van der Waals surface area contributed by atoms with Gasteiger partial charge in [0.2, 0.25) is 0 Å². The van der Waals surface area contributed by atoms with Gasteiger partial charge < -0.3 is 14.6 Å². The van der Waals surface area contributed by atoms with Gasteiger partial charge in [-0.25, -0.2) is 0 Å². The Labute approximate surface area is 223 Å². The summed E-state index contributed by atoms with van der Waals surface area (Å²) >= 11 is 6.75. The number of allylic oxidation sites excluding steroid dienone is 2. The summed E-state index contributed by atoms with van der Waals surface area (Å²) in [6, 6.07) is 8.51. The Morgan fingerprint density at radius 2 is 1.94 bits per heavy atom. The Kier molecular flexibility index (Phi) is 13.3. The number of carbonyl (C=O) groups excluding carboxylic acids is 1. The predicted molar refractivity (Wildman–Crippen MR) is 146 cm³/mol. The van der Waals surface area contributed by atoms with Gasteiger partial charge in [0.1, 0.15) is 6.61 Å². The molecule has 0 aromatic heterocycles. The van der Waals surface area contributed by atoms with E-state index in [0.29, 0.717) is 24.9 Å². The average molecular weight is 520 g/mol. The lowest BCUT2D eigenvalue weighted by Crippen LogP contribution is -2.38. The third-order valence-electron chi connectivity index (χ3n) is 7.63. The Bertz CT molecular complexity index is 778. The van der Waals surface area contributed by atoms with E-state index in [9.17, 15) is 9.90 Å². The van der Waals surface area contributed by atoms with Crippen LogP contribution >= 0.6 is 11.6 Å². The SMILES string of the molecule is CCCCC[C@@H](O)c1ccc([C@@H]2[C@@H](C/C=C/CCCC(=O)OCCN3CCOCC3)CC[C@H]2Cl)cc1. The van der Waals surface area contributed by atoms with Crippen LogP contribution in [-0.4, -0.2) is 60.8 Å². The summed E-state index contributed by atoms with van der Waals surface area (Å²) in [6.45, 7) is 6.82. The van der Waals surface area contributed by atoms with Crippen molar-refractivity contribution in [3.05, 3.63) is 47.5 Å². The number of halogens is 1. The van der Waals surface area contributed by atoms with E-state index in [1.807, 2.05) is 0 Å². The number of hydrogen-bond donors (Lipinski definition) is 1. The van der Waals surface area contributed by atoms with E-state index in [1.54, 1.807) is 0 Å². The molecule has 1 N–H and O–H groups in total. The number of esters is 1. The van der Waals surface area contributed by atoms with Crippen LogP contribution in [0.4, 0.5) is 0 Å². The number of carbonyl (C=O) groups is 1. The van der Waals surface area contributed by atoms with Gasteiger partial charge in [0, 0.05) is 37.4 Å². The number of benzene rings is 1. The summed E-state index contributed by atoms with van der Waals surface area (Å²) < 4.78 is 10.7. The highest BCUT2D eigenvalue weighted by molar-refractivity contribution is 6.21. The highest BCUT2D eigenvalue weighted by atomic mass is 35.5. The highest BCUT2D eigenvalue weighted by Gasteiger charge is 2.35. The monoisotopic (exact) mass is 519 g/mol. The van der Waals surface area contributed by atoms with E-state index in [2.05, 4.69) is 48.2 Å². The molecule has 0 unspecified atom stereocenters. The van der Waals surface area contributed by atoms with Crippen LogP contribution in [0.2, 0.25) is 0 Å². The minimum atomic E-state index is -0.373. The number of alkyl halides is 1. The van der Waals surface area contributed by atoms with Crippen LogP contribution in [0.3, 0.4) is 0 Å². The van der Waals surface area contributed by atoms with Crippen molar-refractivity contribution in [2.45, 2.75) is 88.5 Å². The molecule has 0 amide bonds. The van der Waals surface area contributed by atoms with Gasteiger partial charge in [-0.15, -0.1) is 11.6 Å². The van der Waals surface area contributed by atoms with Crippen molar-refractivity contribution in [3.63, 3.8) is 0 Å². The summed E-state index contributed by atoms with van der Waals surface area (Å²) in [6.07, 6.45) is 13.7. The molecule has 1 saturated carbocycles. The molecule has 202 valence electrons. The first-order valence-electron chi connectivity index (χ1n) is 14.1. The molecule has 6 heteroatoms. The molecule has 4 atom stereocenters. The molecule has 1 saturated heterocycles. The number of aliphatic hydroxyl groups is 1. The maximum Gasteiger partial charge on any atom is 0.305 e. The third kappa shape index (κ3) is 9.81. The van der Waals surface area contributed by atoms with Gasteiger partial charge in [-0.1, -0.05) is 62.6 Å². The Hall–Kier alpha value is -1.40. The predicted octanol–water partition coefficient (Wildman–Crippen LogP) is 6.39. The van der Waals surface area contributed by atoms with E-state index in [-0.39, 0.29) is 17.5 Å². The molecule has 1 aliphatic carbocycles. The van der Waals surface area contributed by atoms with Crippen molar-refractivity contribution in [2.75, 3.05) is 39.5 Å². The first kappa shape index (κ1) is 29.2. The highest BCUT2D eigenvalue weighted by Crippen LogP contribution is 2.45. The molecule has 0 bridgehead atoms. The second-order valence-electron chi connectivity index (χ2n) is 10.3. The zero-order chi connectivity index (χ0) is 25.6. The zero-order valence-corrected chi connectivity index (χ0v) is 22.8. The lowest BCUT2D eigenvalue weighted by atomic mass is 9.85. The van der Waals surface area contributed by atoms with E-state index in [4.69, 9.17) is 21.1 Å². The lowest BCUT2D eigenvalue weighted by molar-refractivity contribution is -0.144. The molecule has 1 aliphatic heterocycles. The fraction of sp³-hybridized carbons (Fsp3) is 0.700. The van der Waals surface area contributed by atoms with Gasteiger partial charge in [-0.2, -0.15) is 0 Å². The molecule has 0 radical (unpaired) electrons. The summed E-state index contributed by atoms with van der Waals surface area (Å²) in [5.41, 5.74) is 2.30. The Balaban J connectivity index is 1.34.